The Labute approximate surface area is 313 Å². The largest absolute Gasteiger partial charge is 0.310 e. The van der Waals surface area contributed by atoms with E-state index in [0.29, 0.717) is 0 Å². The van der Waals surface area contributed by atoms with E-state index in [1.54, 1.807) is 0 Å². The van der Waals surface area contributed by atoms with E-state index < -0.39 is 8.07 Å². The van der Waals surface area contributed by atoms with Gasteiger partial charge >= 0.3 is 0 Å². The van der Waals surface area contributed by atoms with Gasteiger partial charge in [-0.05, 0) is 88.1 Å². The van der Waals surface area contributed by atoms with Crippen molar-refractivity contribution < 1.29 is 0 Å². The van der Waals surface area contributed by atoms with Gasteiger partial charge < -0.3 is 9.47 Å². The summed E-state index contributed by atoms with van der Waals surface area (Å²) in [6.45, 7) is 4.44. The Hall–Kier alpha value is -6.30. The molecule has 8 aromatic rings. The number of hydrogen-bond donors (Lipinski definition) is 0. The van der Waals surface area contributed by atoms with Crippen molar-refractivity contribution >= 4 is 46.0 Å². The molecule has 0 radical (unpaired) electrons. The fourth-order valence-electron chi connectivity index (χ4n) is 7.75. The van der Waals surface area contributed by atoms with E-state index in [-0.39, 0.29) is 0 Å². The molecule has 0 saturated heterocycles. The number of aryl methyl sites for hydroxylation is 2. The normalized spacial score (nSPS) is 11.4. The SMILES string of the molecule is CCc1cccc(CC)c1-n1cnc(-c2cccc(N(c3ccccc3)c3cccc([Si](c4ccccc4)(c4ccccc4)c4ccccn4)c3)c2)c1. The smallest absolute Gasteiger partial charge is 0.201 e. The third-order valence-corrected chi connectivity index (χ3v) is 14.9. The molecule has 6 aromatic carbocycles. The van der Waals surface area contributed by atoms with E-state index in [4.69, 9.17) is 9.97 Å². The van der Waals surface area contributed by atoms with Crippen LogP contribution in [0.3, 0.4) is 0 Å². The van der Waals surface area contributed by atoms with Gasteiger partial charge in [0, 0.05) is 40.3 Å². The average molecular weight is 703 g/mol. The Balaban J connectivity index is 1.29. The lowest BCUT2D eigenvalue weighted by Crippen LogP contribution is -2.75. The molecule has 0 fully saturated rings. The highest BCUT2D eigenvalue weighted by molar-refractivity contribution is 7.19. The first-order valence-electron chi connectivity index (χ1n) is 18.4. The number of pyridine rings is 1. The Kier molecular flexibility index (Phi) is 9.65. The zero-order chi connectivity index (χ0) is 36.0. The van der Waals surface area contributed by atoms with Crippen LogP contribution in [0.15, 0.2) is 195 Å². The molecule has 0 bridgehead atoms. The van der Waals surface area contributed by atoms with E-state index in [1.165, 1.54) is 32.4 Å². The molecule has 5 heteroatoms. The van der Waals surface area contributed by atoms with Gasteiger partial charge in [-0.2, -0.15) is 0 Å². The molecular formula is C48H42N4Si. The molecule has 2 heterocycles. The number of benzene rings is 6. The number of nitrogens with zero attached hydrogens (tertiary/aromatic N) is 4. The van der Waals surface area contributed by atoms with Crippen LogP contribution in [0.25, 0.3) is 16.9 Å². The van der Waals surface area contributed by atoms with E-state index >= 15 is 0 Å². The highest BCUT2D eigenvalue weighted by Gasteiger charge is 2.43. The predicted octanol–water partition coefficient (Wildman–Crippen LogP) is 8.91. The fraction of sp³-hybridized carbons (Fsp3) is 0.0833. The van der Waals surface area contributed by atoms with Crippen LogP contribution in [0.2, 0.25) is 0 Å². The van der Waals surface area contributed by atoms with E-state index in [1.807, 2.05) is 18.6 Å². The van der Waals surface area contributed by atoms with Gasteiger partial charge in [-0.1, -0.05) is 141 Å². The Bertz CT molecular complexity index is 2310. The minimum atomic E-state index is -2.84. The van der Waals surface area contributed by atoms with Crippen LogP contribution in [-0.2, 0) is 12.8 Å². The van der Waals surface area contributed by atoms with Crippen molar-refractivity contribution in [2.45, 2.75) is 26.7 Å². The Morgan fingerprint density at radius 3 is 1.68 bits per heavy atom. The maximum absolute atomic E-state index is 5.10. The van der Waals surface area contributed by atoms with Crippen molar-refractivity contribution in [1.82, 2.24) is 14.5 Å². The first kappa shape index (κ1) is 33.8. The molecule has 0 N–H and O–H groups in total. The molecule has 53 heavy (non-hydrogen) atoms. The first-order chi connectivity index (χ1) is 26.2. The molecule has 258 valence electrons. The number of anilines is 3. The number of aromatic nitrogens is 3. The second kappa shape index (κ2) is 15.1. The van der Waals surface area contributed by atoms with Gasteiger partial charge in [-0.25, -0.2) is 4.98 Å². The lowest BCUT2D eigenvalue weighted by Gasteiger charge is -2.34. The van der Waals surface area contributed by atoms with Gasteiger partial charge in [0.15, 0.2) is 0 Å². The molecule has 0 aliphatic carbocycles. The second-order valence-corrected chi connectivity index (χ2v) is 17.0. The van der Waals surface area contributed by atoms with Crippen LogP contribution >= 0.6 is 0 Å². The molecule has 2 aromatic heterocycles. The summed E-state index contributed by atoms with van der Waals surface area (Å²) >= 11 is 0. The van der Waals surface area contributed by atoms with E-state index in [9.17, 15) is 0 Å². The highest BCUT2D eigenvalue weighted by atomic mass is 28.3. The van der Waals surface area contributed by atoms with Crippen LogP contribution in [0.5, 0.6) is 0 Å². The molecule has 4 nitrogen and oxygen atoms in total. The third-order valence-electron chi connectivity index (χ3n) is 10.2. The molecule has 0 aliphatic heterocycles. The summed E-state index contributed by atoms with van der Waals surface area (Å²) in [5, 5.41) is 4.96. The van der Waals surface area contributed by atoms with Gasteiger partial charge in [0.1, 0.15) is 0 Å². The van der Waals surface area contributed by atoms with Crippen LogP contribution in [0.1, 0.15) is 25.0 Å². The van der Waals surface area contributed by atoms with Gasteiger partial charge in [-0.3, -0.25) is 4.98 Å². The molecular weight excluding hydrogens is 661 g/mol. The van der Waals surface area contributed by atoms with Gasteiger partial charge in [0.2, 0.25) is 8.07 Å². The van der Waals surface area contributed by atoms with Gasteiger partial charge in [-0.15, -0.1) is 0 Å². The van der Waals surface area contributed by atoms with E-state index in [2.05, 4.69) is 199 Å². The number of imidazole rings is 1. The molecule has 0 aliphatic rings. The first-order valence-corrected chi connectivity index (χ1v) is 20.4. The molecule has 0 saturated carbocycles. The van der Waals surface area contributed by atoms with Crippen molar-refractivity contribution in [3.63, 3.8) is 0 Å². The van der Waals surface area contributed by atoms with Crippen molar-refractivity contribution in [3.8, 4) is 16.9 Å². The topological polar surface area (TPSA) is 34.0 Å². The Morgan fingerprint density at radius 2 is 1.06 bits per heavy atom. The minimum Gasteiger partial charge on any atom is -0.310 e. The molecule has 8 rings (SSSR count). The maximum atomic E-state index is 5.10. The maximum Gasteiger partial charge on any atom is 0.201 e. The van der Waals surface area contributed by atoms with Crippen LogP contribution < -0.4 is 25.8 Å². The van der Waals surface area contributed by atoms with Crippen molar-refractivity contribution in [2.75, 3.05) is 4.90 Å². The fourth-order valence-corrected chi connectivity index (χ4v) is 12.3. The summed E-state index contributed by atoms with van der Waals surface area (Å²) < 4.78 is 2.20. The third kappa shape index (κ3) is 6.41. The van der Waals surface area contributed by atoms with Crippen molar-refractivity contribution in [3.05, 3.63) is 206 Å². The average Bonchev–Trinajstić information content (AvgIpc) is 3.73. The quantitative estimate of drug-likeness (QED) is 0.0998. The molecule has 0 spiro atoms. The molecule has 0 amide bonds. The van der Waals surface area contributed by atoms with Gasteiger partial charge in [0.05, 0.1) is 17.7 Å². The predicted molar refractivity (Wildman–Crippen MR) is 224 cm³/mol. The van der Waals surface area contributed by atoms with Crippen LogP contribution in [-0.4, -0.2) is 22.6 Å². The van der Waals surface area contributed by atoms with Crippen LogP contribution in [0, 0.1) is 0 Å². The van der Waals surface area contributed by atoms with Gasteiger partial charge in [0.25, 0.3) is 0 Å². The highest BCUT2D eigenvalue weighted by Crippen LogP contribution is 2.36. The summed E-state index contributed by atoms with van der Waals surface area (Å²) in [5.74, 6) is 0. The molecule has 0 atom stereocenters. The minimum absolute atomic E-state index is 0.941. The standard InChI is InChI=1S/C48H42N4Si/c1-3-37-19-16-20-38(4-2)48(37)51-35-46(50-36-51)39-21-17-24-41(33-39)52(40-22-8-5-9-23-40)42-25-18-30-45(34-42)53(43-26-10-6-11-27-43,44-28-12-7-13-29-44)47-31-14-15-32-49-47/h5-36H,3-4H2,1-2H3. The summed E-state index contributed by atoms with van der Waals surface area (Å²) in [4.78, 5) is 12.4. The number of para-hydroxylation sites is 2. The lowest BCUT2D eigenvalue weighted by atomic mass is 10.0. The number of hydrogen-bond acceptors (Lipinski definition) is 3. The summed E-state index contributed by atoms with van der Waals surface area (Å²) in [5.41, 5.74) is 9.14. The summed E-state index contributed by atoms with van der Waals surface area (Å²) in [7, 11) is -2.84. The van der Waals surface area contributed by atoms with Crippen LogP contribution in [0.4, 0.5) is 17.1 Å². The van der Waals surface area contributed by atoms with Crippen molar-refractivity contribution in [2.24, 2.45) is 0 Å². The molecule has 0 unspecified atom stereocenters. The summed E-state index contributed by atoms with van der Waals surface area (Å²) in [6, 6.07) is 63.4. The Morgan fingerprint density at radius 1 is 0.509 bits per heavy atom. The number of rotatable bonds is 11. The zero-order valence-electron chi connectivity index (χ0n) is 30.2. The van der Waals surface area contributed by atoms with E-state index in [0.717, 1.165) is 46.5 Å². The zero-order valence-corrected chi connectivity index (χ0v) is 31.2. The van der Waals surface area contributed by atoms with Crippen molar-refractivity contribution in [1.29, 1.82) is 0 Å². The second-order valence-electron chi connectivity index (χ2n) is 13.3. The lowest BCUT2D eigenvalue weighted by molar-refractivity contribution is 0.962. The summed E-state index contributed by atoms with van der Waals surface area (Å²) in [6.07, 6.45) is 8.00. The monoisotopic (exact) mass is 702 g/mol.